The Morgan fingerprint density at radius 2 is 2.25 bits per heavy atom. The van der Waals surface area contributed by atoms with E-state index in [0.717, 1.165) is 5.56 Å². The number of aryl methyl sites for hydroxylation is 1. The largest absolute Gasteiger partial charge is 0.319 e. The average Bonchev–Trinajstić information content (AvgIpc) is 2.52. The lowest BCUT2D eigenvalue weighted by atomic mass is 10.2. The van der Waals surface area contributed by atoms with E-state index in [-0.39, 0.29) is 18.5 Å². The van der Waals surface area contributed by atoms with Gasteiger partial charge in [-0.25, -0.2) is 8.78 Å². The molecular formula is C11H14F2N2O. The summed E-state index contributed by atoms with van der Waals surface area (Å²) in [6, 6.07) is 3.29. The molecule has 0 spiro atoms. The highest BCUT2D eigenvalue weighted by Crippen LogP contribution is 2.27. The molecule has 16 heavy (non-hydrogen) atoms. The van der Waals surface area contributed by atoms with Gasteiger partial charge in [-0.2, -0.15) is 0 Å². The van der Waals surface area contributed by atoms with Crippen LogP contribution in [0.1, 0.15) is 12.0 Å². The minimum absolute atomic E-state index is 0.0855. The van der Waals surface area contributed by atoms with Gasteiger partial charge in [-0.15, -0.1) is 0 Å². The fraction of sp³-hybridized carbons (Fsp3) is 0.545. The van der Waals surface area contributed by atoms with E-state index in [1.807, 2.05) is 0 Å². The van der Waals surface area contributed by atoms with Gasteiger partial charge < -0.3 is 4.57 Å². The Morgan fingerprint density at radius 3 is 2.81 bits per heavy atom. The Kier molecular flexibility index (Phi) is 2.80. The van der Waals surface area contributed by atoms with Crippen LogP contribution >= 0.6 is 0 Å². The lowest BCUT2D eigenvalue weighted by Crippen LogP contribution is -2.26. The molecule has 0 aliphatic carbocycles. The van der Waals surface area contributed by atoms with Crippen LogP contribution in [0.5, 0.6) is 0 Å². The predicted molar refractivity (Wildman–Crippen MR) is 56.5 cm³/mol. The van der Waals surface area contributed by atoms with Gasteiger partial charge in [-0.3, -0.25) is 9.69 Å². The molecule has 1 saturated heterocycles. The predicted octanol–water partition coefficient (Wildman–Crippen LogP) is 1.23. The van der Waals surface area contributed by atoms with Crippen LogP contribution in [0.15, 0.2) is 23.1 Å². The van der Waals surface area contributed by atoms with Crippen molar-refractivity contribution in [3.05, 3.63) is 34.2 Å². The number of halogens is 2. The smallest absolute Gasteiger partial charge is 0.261 e. The first-order chi connectivity index (χ1) is 7.46. The van der Waals surface area contributed by atoms with E-state index in [9.17, 15) is 13.6 Å². The fourth-order valence-electron chi connectivity index (χ4n) is 1.89. The molecule has 2 heterocycles. The SMILES string of the molecule is Cn1ccc(CN2CCC(F)(F)C2)cc1=O. The number of hydrogen-bond donors (Lipinski definition) is 0. The molecule has 1 aromatic heterocycles. The quantitative estimate of drug-likeness (QED) is 0.760. The van der Waals surface area contributed by atoms with Crippen LogP contribution in [0.4, 0.5) is 8.78 Å². The first-order valence-corrected chi connectivity index (χ1v) is 5.22. The van der Waals surface area contributed by atoms with Crippen molar-refractivity contribution in [3.63, 3.8) is 0 Å². The Labute approximate surface area is 92.3 Å². The zero-order valence-electron chi connectivity index (χ0n) is 9.12. The van der Waals surface area contributed by atoms with Gasteiger partial charge in [0.1, 0.15) is 0 Å². The molecule has 1 aliphatic rings. The number of nitrogens with zero attached hydrogens (tertiary/aromatic N) is 2. The molecule has 5 heteroatoms. The summed E-state index contributed by atoms with van der Waals surface area (Å²) in [5.41, 5.74) is 0.684. The summed E-state index contributed by atoms with van der Waals surface area (Å²) in [6.45, 7) is 0.607. The van der Waals surface area contributed by atoms with Gasteiger partial charge in [0.15, 0.2) is 0 Å². The molecule has 0 saturated carbocycles. The van der Waals surface area contributed by atoms with Crippen molar-refractivity contribution in [1.82, 2.24) is 9.47 Å². The maximum absolute atomic E-state index is 12.9. The van der Waals surface area contributed by atoms with Crippen LogP contribution in [-0.2, 0) is 13.6 Å². The highest BCUT2D eigenvalue weighted by atomic mass is 19.3. The molecule has 0 unspecified atom stereocenters. The number of likely N-dealkylation sites (tertiary alicyclic amines) is 1. The minimum Gasteiger partial charge on any atom is -0.319 e. The van der Waals surface area contributed by atoms with Crippen LogP contribution in [0, 0.1) is 0 Å². The Balaban J connectivity index is 2.05. The molecule has 2 rings (SSSR count). The second kappa shape index (κ2) is 3.97. The molecule has 0 amide bonds. The first kappa shape index (κ1) is 11.3. The van der Waals surface area contributed by atoms with Crippen molar-refractivity contribution in [1.29, 1.82) is 0 Å². The Morgan fingerprint density at radius 1 is 1.50 bits per heavy atom. The monoisotopic (exact) mass is 228 g/mol. The third-order valence-electron chi connectivity index (χ3n) is 2.82. The van der Waals surface area contributed by atoms with Crippen LogP contribution in [-0.4, -0.2) is 28.5 Å². The van der Waals surface area contributed by atoms with E-state index in [2.05, 4.69) is 0 Å². The van der Waals surface area contributed by atoms with E-state index >= 15 is 0 Å². The minimum atomic E-state index is -2.57. The van der Waals surface area contributed by atoms with Gasteiger partial charge in [0, 0.05) is 38.8 Å². The average molecular weight is 228 g/mol. The van der Waals surface area contributed by atoms with Crippen molar-refractivity contribution in [2.24, 2.45) is 7.05 Å². The number of rotatable bonds is 2. The number of aromatic nitrogens is 1. The summed E-state index contributed by atoms with van der Waals surface area (Å²) in [5.74, 6) is -2.57. The summed E-state index contributed by atoms with van der Waals surface area (Å²) >= 11 is 0. The molecule has 0 atom stereocenters. The summed E-state index contributed by atoms with van der Waals surface area (Å²) in [6.07, 6.45) is 1.57. The Bertz CT molecular complexity index is 442. The van der Waals surface area contributed by atoms with E-state index < -0.39 is 5.92 Å². The summed E-state index contributed by atoms with van der Waals surface area (Å²) < 4.78 is 27.3. The molecule has 0 aromatic carbocycles. The molecule has 3 nitrogen and oxygen atoms in total. The van der Waals surface area contributed by atoms with Gasteiger partial charge >= 0.3 is 0 Å². The van der Waals surface area contributed by atoms with Crippen LogP contribution < -0.4 is 5.56 Å². The number of hydrogen-bond acceptors (Lipinski definition) is 2. The highest BCUT2D eigenvalue weighted by Gasteiger charge is 2.37. The molecule has 1 aliphatic heterocycles. The molecule has 0 radical (unpaired) electrons. The molecule has 1 aromatic rings. The number of alkyl halides is 2. The van der Waals surface area contributed by atoms with E-state index in [1.54, 1.807) is 24.2 Å². The van der Waals surface area contributed by atoms with Gasteiger partial charge in [-0.1, -0.05) is 0 Å². The number of pyridine rings is 1. The normalized spacial score (nSPS) is 20.2. The standard InChI is InChI=1S/C11H14F2N2O/c1-14-4-2-9(6-10(14)16)7-15-5-3-11(12,13)8-15/h2,4,6H,3,5,7-8H2,1H3. The van der Waals surface area contributed by atoms with Gasteiger partial charge in [0.2, 0.25) is 0 Å². The molecule has 0 N–H and O–H groups in total. The molecule has 1 fully saturated rings. The van der Waals surface area contributed by atoms with E-state index in [4.69, 9.17) is 0 Å². The first-order valence-electron chi connectivity index (χ1n) is 5.22. The lowest BCUT2D eigenvalue weighted by molar-refractivity contribution is 0.0115. The van der Waals surface area contributed by atoms with Crippen molar-refractivity contribution in [3.8, 4) is 0 Å². The van der Waals surface area contributed by atoms with Gasteiger partial charge in [-0.05, 0) is 11.6 Å². The van der Waals surface area contributed by atoms with Crippen LogP contribution in [0.25, 0.3) is 0 Å². The Hall–Kier alpha value is -1.23. The maximum Gasteiger partial charge on any atom is 0.261 e. The van der Waals surface area contributed by atoms with Crippen molar-refractivity contribution in [2.45, 2.75) is 18.9 Å². The lowest BCUT2D eigenvalue weighted by Gasteiger charge is -2.15. The van der Waals surface area contributed by atoms with Gasteiger partial charge in [0.25, 0.3) is 11.5 Å². The zero-order chi connectivity index (χ0) is 11.8. The van der Waals surface area contributed by atoms with Crippen LogP contribution in [0.2, 0.25) is 0 Å². The second-order valence-corrected chi connectivity index (χ2v) is 4.30. The highest BCUT2D eigenvalue weighted by molar-refractivity contribution is 5.11. The summed E-state index contributed by atoms with van der Waals surface area (Å²) in [5, 5.41) is 0. The van der Waals surface area contributed by atoms with Gasteiger partial charge in [0.05, 0.1) is 6.54 Å². The maximum atomic E-state index is 12.9. The topological polar surface area (TPSA) is 25.2 Å². The molecule has 0 bridgehead atoms. The van der Waals surface area contributed by atoms with Crippen molar-refractivity contribution in [2.75, 3.05) is 13.1 Å². The fourth-order valence-corrected chi connectivity index (χ4v) is 1.89. The van der Waals surface area contributed by atoms with Crippen molar-refractivity contribution >= 4 is 0 Å². The molecule has 88 valence electrons. The van der Waals surface area contributed by atoms with E-state index in [1.165, 1.54) is 10.6 Å². The zero-order valence-corrected chi connectivity index (χ0v) is 9.12. The summed E-state index contributed by atoms with van der Waals surface area (Å²) in [4.78, 5) is 13.0. The summed E-state index contributed by atoms with van der Waals surface area (Å²) in [7, 11) is 1.66. The van der Waals surface area contributed by atoms with Crippen molar-refractivity contribution < 1.29 is 8.78 Å². The van der Waals surface area contributed by atoms with Crippen LogP contribution in [0.3, 0.4) is 0 Å². The third-order valence-corrected chi connectivity index (χ3v) is 2.82. The molecular weight excluding hydrogens is 214 g/mol. The second-order valence-electron chi connectivity index (χ2n) is 4.30. The van der Waals surface area contributed by atoms with E-state index in [0.29, 0.717) is 13.1 Å². The third kappa shape index (κ3) is 2.47.